The summed E-state index contributed by atoms with van der Waals surface area (Å²) in [5.74, 6) is 0. The molecule has 296 valence electrons. The van der Waals surface area contributed by atoms with E-state index in [2.05, 4.69) is 190 Å². The van der Waals surface area contributed by atoms with Crippen LogP contribution in [0.25, 0.3) is 101 Å². The van der Waals surface area contributed by atoms with E-state index in [9.17, 15) is 0 Å². The Morgan fingerprint density at radius 2 is 1.16 bits per heavy atom. The van der Waals surface area contributed by atoms with Crippen molar-refractivity contribution in [2.75, 3.05) is 4.81 Å². The number of para-hydroxylation sites is 1. The van der Waals surface area contributed by atoms with E-state index in [-0.39, 0.29) is 17.7 Å². The monoisotopic (exact) mass is 832 g/mol. The average Bonchev–Trinajstić information content (AvgIpc) is 4.01. The van der Waals surface area contributed by atoms with Crippen LogP contribution >= 0.6 is 22.7 Å². The second-order valence-corrected chi connectivity index (χ2v) is 21.9. The molecule has 2 aliphatic rings. The van der Waals surface area contributed by atoms with Crippen LogP contribution < -0.4 is 15.7 Å². The molecule has 0 saturated carbocycles. The first-order chi connectivity index (χ1) is 30.0. The lowest BCUT2D eigenvalue weighted by Gasteiger charge is -2.42. The van der Waals surface area contributed by atoms with Crippen LogP contribution in [0.4, 0.5) is 11.4 Å². The highest BCUT2D eigenvalue weighted by atomic mass is 32.1. The molecule has 0 atom stereocenters. The van der Waals surface area contributed by atoms with Crippen molar-refractivity contribution in [3.8, 4) is 16.8 Å². The van der Waals surface area contributed by atoms with Gasteiger partial charge in [0.05, 0.1) is 11.0 Å². The summed E-state index contributed by atoms with van der Waals surface area (Å²) in [5, 5.41) is 10.2. The minimum atomic E-state index is -0.0963. The standard InChI is InChI=1S/C56H41BN2OS2/c1-55(2,3)30-15-18-32(19-16-30)59-45-26-42-40-23-31(56(4,5)6)17-22-50(40)62-51(42)27-38(45)35-20-21-36-37-24-41-34-12-8-10-14-49(34)61-52(41)29-44(37)58-46-28-48-39(33-11-7-9-13-47(33)60-48)25-43(46)57(59)53(35)54(36)58/h7-29H,1-6H3. The normalized spacial score (nSPS) is 13.9. The van der Waals surface area contributed by atoms with E-state index >= 15 is 0 Å². The van der Waals surface area contributed by atoms with Crippen molar-refractivity contribution in [1.82, 2.24) is 4.57 Å². The number of nitrogens with zero attached hydrogens (tertiary/aromatic N) is 2. The summed E-state index contributed by atoms with van der Waals surface area (Å²) in [7, 11) is 0. The number of aromatic nitrogens is 1. The van der Waals surface area contributed by atoms with E-state index in [1.807, 2.05) is 22.7 Å². The Kier molecular flexibility index (Phi) is 6.70. The highest BCUT2D eigenvalue weighted by Crippen LogP contribution is 2.50. The van der Waals surface area contributed by atoms with Crippen molar-refractivity contribution in [2.45, 2.75) is 52.4 Å². The minimum Gasteiger partial charge on any atom is -0.456 e. The van der Waals surface area contributed by atoms with E-state index in [0.29, 0.717) is 0 Å². The van der Waals surface area contributed by atoms with Crippen LogP contribution in [0.2, 0.25) is 0 Å². The molecule has 0 saturated heterocycles. The zero-order chi connectivity index (χ0) is 41.6. The highest BCUT2D eigenvalue weighted by molar-refractivity contribution is 7.26. The van der Waals surface area contributed by atoms with Gasteiger partial charge in [0.1, 0.15) is 11.2 Å². The van der Waals surface area contributed by atoms with Gasteiger partial charge in [-0.15, -0.1) is 22.7 Å². The molecule has 0 bridgehead atoms. The van der Waals surface area contributed by atoms with Gasteiger partial charge in [0, 0.05) is 90.6 Å². The van der Waals surface area contributed by atoms with Crippen molar-refractivity contribution in [2.24, 2.45) is 0 Å². The summed E-state index contributed by atoms with van der Waals surface area (Å²) in [6.07, 6.45) is 0. The molecule has 0 aliphatic carbocycles. The predicted molar refractivity (Wildman–Crippen MR) is 270 cm³/mol. The fraction of sp³-hybridized carbons (Fsp3) is 0.143. The molecule has 8 aromatic carbocycles. The summed E-state index contributed by atoms with van der Waals surface area (Å²) in [4.78, 5) is 2.68. The smallest absolute Gasteiger partial charge is 0.333 e. The second-order valence-electron chi connectivity index (χ2n) is 19.7. The molecule has 0 fully saturated rings. The third-order valence-corrected chi connectivity index (χ3v) is 16.3. The van der Waals surface area contributed by atoms with Crippen LogP contribution in [-0.2, 0) is 10.8 Å². The molecule has 62 heavy (non-hydrogen) atoms. The van der Waals surface area contributed by atoms with Gasteiger partial charge in [0.15, 0.2) is 0 Å². The fourth-order valence-electron chi connectivity index (χ4n) is 11.0. The average molecular weight is 833 g/mol. The zero-order valence-electron chi connectivity index (χ0n) is 35.5. The summed E-state index contributed by atoms with van der Waals surface area (Å²) >= 11 is 3.81. The van der Waals surface area contributed by atoms with Crippen LogP contribution in [0.1, 0.15) is 52.7 Å². The fourth-order valence-corrected chi connectivity index (χ4v) is 13.2. The van der Waals surface area contributed by atoms with Crippen LogP contribution in [0, 0.1) is 0 Å². The molecule has 0 amide bonds. The van der Waals surface area contributed by atoms with Crippen LogP contribution in [0.15, 0.2) is 144 Å². The van der Waals surface area contributed by atoms with Gasteiger partial charge in [0.25, 0.3) is 0 Å². The molecule has 3 nitrogen and oxygen atoms in total. The van der Waals surface area contributed by atoms with E-state index in [1.165, 1.54) is 112 Å². The molecule has 0 radical (unpaired) electrons. The molecule has 0 unspecified atom stereocenters. The van der Waals surface area contributed by atoms with Crippen LogP contribution in [0.3, 0.4) is 0 Å². The number of rotatable bonds is 1. The topological polar surface area (TPSA) is 21.3 Å². The summed E-state index contributed by atoms with van der Waals surface area (Å²) in [5.41, 5.74) is 16.0. The number of hydrogen-bond donors (Lipinski definition) is 0. The zero-order valence-corrected chi connectivity index (χ0v) is 37.1. The Balaban J connectivity index is 1.15. The summed E-state index contributed by atoms with van der Waals surface area (Å²) < 4.78 is 14.6. The maximum Gasteiger partial charge on any atom is 0.333 e. The molecule has 4 aromatic heterocycles. The van der Waals surface area contributed by atoms with Gasteiger partial charge in [0.2, 0.25) is 0 Å². The number of furan rings is 1. The number of anilines is 2. The Morgan fingerprint density at radius 1 is 0.468 bits per heavy atom. The van der Waals surface area contributed by atoms with Crippen LogP contribution in [0.5, 0.6) is 0 Å². The van der Waals surface area contributed by atoms with Gasteiger partial charge in [-0.1, -0.05) is 114 Å². The minimum absolute atomic E-state index is 0.0367. The van der Waals surface area contributed by atoms with E-state index in [1.54, 1.807) is 0 Å². The lowest BCUT2D eigenvalue weighted by molar-refractivity contribution is 0.590. The predicted octanol–water partition coefficient (Wildman–Crippen LogP) is 15.3. The molecule has 14 rings (SSSR count). The van der Waals surface area contributed by atoms with E-state index in [4.69, 9.17) is 4.42 Å². The third kappa shape index (κ3) is 4.61. The quantitative estimate of drug-likeness (QED) is 0.154. The highest BCUT2D eigenvalue weighted by Gasteiger charge is 2.44. The molecule has 2 aliphatic heterocycles. The van der Waals surface area contributed by atoms with Crippen molar-refractivity contribution < 1.29 is 4.42 Å². The summed E-state index contributed by atoms with van der Waals surface area (Å²) in [6.45, 7) is 13.8. The van der Waals surface area contributed by atoms with Crippen molar-refractivity contribution >= 4 is 136 Å². The maximum absolute atomic E-state index is 6.71. The van der Waals surface area contributed by atoms with E-state index < -0.39 is 0 Å². The van der Waals surface area contributed by atoms with Gasteiger partial charge in [-0.05, 0) is 99.1 Å². The first-order valence-electron chi connectivity index (χ1n) is 21.8. The van der Waals surface area contributed by atoms with Gasteiger partial charge in [-0.2, -0.15) is 0 Å². The first-order valence-corrected chi connectivity index (χ1v) is 23.4. The van der Waals surface area contributed by atoms with Gasteiger partial charge >= 0.3 is 6.85 Å². The molecular weight excluding hydrogens is 792 g/mol. The second kappa shape index (κ2) is 11.8. The number of benzene rings is 8. The Hall–Kier alpha value is -6.34. The largest absolute Gasteiger partial charge is 0.456 e. The lowest BCUT2D eigenvalue weighted by atomic mass is 9.44. The van der Waals surface area contributed by atoms with Crippen molar-refractivity contribution in [3.05, 3.63) is 151 Å². The molecule has 6 heterocycles. The SMILES string of the molecule is CC(C)(C)c1ccc(N2B3c4cc5c(cc4-n4c6cc7sc8ccccc8c7cc6c6ccc(c3c64)-c3cc4sc6ccc(C(C)(C)C)cc6c4cc32)oc2ccccc25)cc1. The number of fused-ring (bicyclic) bond motifs is 17. The van der Waals surface area contributed by atoms with Crippen molar-refractivity contribution in [1.29, 1.82) is 0 Å². The molecule has 0 N–H and O–H groups in total. The Labute approximate surface area is 367 Å². The molecule has 6 heteroatoms. The Bertz CT molecular complexity index is 3960. The Morgan fingerprint density at radius 3 is 1.97 bits per heavy atom. The van der Waals surface area contributed by atoms with Gasteiger partial charge < -0.3 is 13.8 Å². The molecular formula is C56H41BN2OS2. The number of thiophene rings is 2. The van der Waals surface area contributed by atoms with Crippen LogP contribution in [-0.4, -0.2) is 11.4 Å². The van der Waals surface area contributed by atoms with E-state index in [0.717, 1.165) is 21.9 Å². The van der Waals surface area contributed by atoms with Gasteiger partial charge in [-0.25, -0.2) is 0 Å². The summed E-state index contributed by atoms with van der Waals surface area (Å²) in [6, 6.07) is 53.6. The van der Waals surface area contributed by atoms with Gasteiger partial charge in [-0.3, -0.25) is 0 Å². The first kappa shape index (κ1) is 35.3. The maximum atomic E-state index is 6.71. The molecule has 12 aromatic rings. The van der Waals surface area contributed by atoms with Crippen molar-refractivity contribution in [3.63, 3.8) is 0 Å². The number of hydrogen-bond acceptors (Lipinski definition) is 4. The molecule has 0 spiro atoms. The lowest BCUT2D eigenvalue weighted by Crippen LogP contribution is -2.60. The third-order valence-electron chi connectivity index (χ3n) is 14.1.